The molecule has 0 aliphatic carbocycles. The molecule has 0 atom stereocenters. The van der Waals surface area contributed by atoms with Crippen molar-refractivity contribution in [3.63, 3.8) is 0 Å². The third-order valence-corrected chi connectivity index (χ3v) is 3.31. The van der Waals surface area contributed by atoms with Gasteiger partial charge in [-0.15, -0.1) is 0 Å². The fraction of sp³-hybridized carbons (Fsp3) is 0. The van der Waals surface area contributed by atoms with Crippen LogP contribution in [0.1, 0.15) is 11.1 Å². The summed E-state index contributed by atoms with van der Waals surface area (Å²) < 4.78 is 5.17. The number of carbonyl (C=O) groups is 1. The van der Waals surface area contributed by atoms with E-state index in [1.807, 2.05) is 6.07 Å². The van der Waals surface area contributed by atoms with E-state index in [-0.39, 0.29) is 11.6 Å². The van der Waals surface area contributed by atoms with Crippen LogP contribution in [0.25, 0.3) is 6.08 Å². The van der Waals surface area contributed by atoms with E-state index >= 15 is 0 Å². The van der Waals surface area contributed by atoms with Crippen LogP contribution in [-0.4, -0.2) is 11.9 Å². The van der Waals surface area contributed by atoms with Gasteiger partial charge >= 0.3 is 5.97 Å². The number of carbonyl (C=O) groups excluding carboxylic acids is 1. The van der Waals surface area contributed by atoms with E-state index in [1.54, 1.807) is 48.5 Å². The van der Waals surface area contributed by atoms with Gasteiger partial charge in [-0.1, -0.05) is 41.4 Å². The van der Waals surface area contributed by atoms with Crippen molar-refractivity contribution in [1.82, 2.24) is 0 Å². The van der Waals surface area contributed by atoms with E-state index in [0.717, 1.165) is 5.56 Å². The number of esters is 1. The Morgan fingerprint density at radius 3 is 2.43 bits per heavy atom. The van der Waals surface area contributed by atoms with Crippen LogP contribution in [0.3, 0.4) is 0 Å². The first kappa shape index (κ1) is 13.9. The number of ether oxygens (including phenoxy) is 1. The van der Waals surface area contributed by atoms with Gasteiger partial charge in [-0.05, 0) is 42.0 Å². The molecular weight excluding hydrogens is 309 g/mol. The number of halogens is 2. The largest absolute Gasteiger partial charge is 0.402 e. The van der Waals surface area contributed by atoms with Crippen LogP contribution >= 0.6 is 23.2 Å². The highest BCUT2D eigenvalue weighted by atomic mass is 35.5. The molecule has 0 amide bonds. The predicted molar refractivity (Wildman–Crippen MR) is 83.5 cm³/mol. The van der Waals surface area contributed by atoms with E-state index < -0.39 is 5.97 Å². The second-order valence-electron chi connectivity index (χ2n) is 4.40. The van der Waals surface area contributed by atoms with Crippen molar-refractivity contribution in [2.75, 3.05) is 0 Å². The van der Waals surface area contributed by atoms with E-state index in [1.165, 1.54) is 0 Å². The monoisotopic (exact) mass is 317 g/mol. The quantitative estimate of drug-likeness (QED) is 0.610. The van der Waals surface area contributed by atoms with Crippen LogP contribution in [0.5, 0.6) is 0 Å². The first-order valence-electron chi connectivity index (χ1n) is 6.16. The first-order valence-corrected chi connectivity index (χ1v) is 6.91. The lowest BCUT2D eigenvalue weighted by Gasteiger charge is -1.98. The predicted octanol–water partition coefficient (Wildman–Crippen LogP) is 4.34. The highest BCUT2D eigenvalue weighted by Crippen LogP contribution is 2.21. The molecule has 0 saturated carbocycles. The third kappa shape index (κ3) is 3.15. The minimum atomic E-state index is -0.495. The lowest BCUT2D eigenvalue weighted by atomic mass is 10.2. The number of hydrogen-bond donors (Lipinski definition) is 0. The molecule has 0 fully saturated rings. The Morgan fingerprint density at radius 1 is 1.00 bits per heavy atom. The molecule has 2 aromatic carbocycles. The van der Waals surface area contributed by atoms with E-state index in [9.17, 15) is 4.79 Å². The van der Waals surface area contributed by atoms with E-state index in [4.69, 9.17) is 27.9 Å². The number of rotatable bonds is 2. The molecule has 0 radical (unpaired) electrons. The number of nitrogens with zero attached hydrogens (tertiary/aromatic N) is 1. The molecule has 0 aromatic heterocycles. The molecule has 1 heterocycles. The Kier molecular flexibility index (Phi) is 3.78. The van der Waals surface area contributed by atoms with Gasteiger partial charge in [0, 0.05) is 15.6 Å². The summed E-state index contributed by atoms with van der Waals surface area (Å²) in [5.41, 5.74) is 1.67. The molecule has 3 rings (SSSR count). The molecule has 2 aromatic rings. The second-order valence-corrected chi connectivity index (χ2v) is 5.27. The first-order chi connectivity index (χ1) is 10.1. The van der Waals surface area contributed by atoms with Crippen molar-refractivity contribution in [2.45, 2.75) is 0 Å². The summed E-state index contributed by atoms with van der Waals surface area (Å²) in [5.74, 6) is -0.249. The Labute approximate surface area is 131 Å². The van der Waals surface area contributed by atoms with Crippen LogP contribution in [0.2, 0.25) is 10.0 Å². The standard InChI is InChI=1S/C16H9Cl2NO2/c17-12-5-1-3-10(7-12)8-14-16(20)21-15(19-14)11-4-2-6-13(18)9-11/h1-9H. The van der Waals surface area contributed by atoms with E-state index in [0.29, 0.717) is 15.6 Å². The summed E-state index contributed by atoms with van der Waals surface area (Å²) >= 11 is 11.8. The van der Waals surface area contributed by atoms with Crippen LogP contribution in [0.15, 0.2) is 59.2 Å². The van der Waals surface area contributed by atoms with Gasteiger partial charge in [0.15, 0.2) is 5.70 Å². The van der Waals surface area contributed by atoms with Gasteiger partial charge in [0.25, 0.3) is 0 Å². The maximum absolute atomic E-state index is 11.9. The van der Waals surface area contributed by atoms with Gasteiger partial charge in [-0.2, -0.15) is 0 Å². The maximum Gasteiger partial charge on any atom is 0.363 e. The minimum Gasteiger partial charge on any atom is -0.402 e. The molecular formula is C16H9Cl2NO2. The molecule has 21 heavy (non-hydrogen) atoms. The zero-order valence-corrected chi connectivity index (χ0v) is 12.2. The topological polar surface area (TPSA) is 38.7 Å². The number of hydrogen-bond acceptors (Lipinski definition) is 3. The fourth-order valence-electron chi connectivity index (χ4n) is 1.91. The van der Waals surface area contributed by atoms with Crippen molar-refractivity contribution >= 4 is 41.1 Å². The Morgan fingerprint density at radius 2 is 1.71 bits per heavy atom. The van der Waals surface area contributed by atoms with Crippen molar-refractivity contribution < 1.29 is 9.53 Å². The van der Waals surface area contributed by atoms with Gasteiger partial charge < -0.3 is 4.74 Å². The van der Waals surface area contributed by atoms with E-state index in [2.05, 4.69) is 4.99 Å². The van der Waals surface area contributed by atoms with Crippen LogP contribution in [0, 0.1) is 0 Å². The maximum atomic E-state index is 11.9. The average Bonchev–Trinajstić information content (AvgIpc) is 2.80. The molecule has 0 N–H and O–H groups in total. The zero-order chi connectivity index (χ0) is 14.8. The average molecular weight is 318 g/mol. The molecule has 0 spiro atoms. The van der Waals surface area contributed by atoms with Crippen molar-refractivity contribution in [1.29, 1.82) is 0 Å². The molecule has 1 aliphatic rings. The van der Waals surface area contributed by atoms with Gasteiger partial charge in [0.05, 0.1) is 0 Å². The van der Waals surface area contributed by atoms with Crippen molar-refractivity contribution in [3.8, 4) is 0 Å². The van der Waals surface area contributed by atoms with Crippen molar-refractivity contribution in [2.24, 2.45) is 4.99 Å². The highest BCUT2D eigenvalue weighted by Gasteiger charge is 2.24. The lowest BCUT2D eigenvalue weighted by Crippen LogP contribution is -2.05. The zero-order valence-electron chi connectivity index (χ0n) is 10.7. The normalized spacial score (nSPS) is 16.0. The molecule has 0 bridgehead atoms. The number of cyclic esters (lactones) is 1. The van der Waals surface area contributed by atoms with Crippen LogP contribution < -0.4 is 0 Å². The Balaban J connectivity index is 1.95. The molecule has 3 nitrogen and oxygen atoms in total. The summed E-state index contributed by atoms with van der Waals surface area (Å²) in [6, 6.07) is 14.1. The molecule has 5 heteroatoms. The summed E-state index contributed by atoms with van der Waals surface area (Å²) in [6.45, 7) is 0. The molecule has 104 valence electrons. The Hall–Kier alpha value is -2.10. The summed E-state index contributed by atoms with van der Waals surface area (Å²) in [7, 11) is 0. The van der Waals surface area contributed by atoms with Gasteiger partial charge in [-0.25, -0.2) is 9.79 Å². The summed E-state index contributed by atoms with van der Waals surface area (Å²) in [4.78, 5) is 16.1. The van der Waals surface area contributed by atoms with Gasteiger partial charge in [0.1, 0.15) is 0 Å². The highest BCUT2D eigenvalue weighted by molar-refractivity contribution is 6.31. The smallest absolute Gasteiger partial charge is 0.363 e. The third-order valence-electron chi connectivity index (χ3n) is 2.84. The fourth-order valence-corrected chi connectivity index (χ4v) is 2.30. The second kappa shape index (κ2) is 5.72. The summed E-state index contributed by atoms with van der Waals surface area (Å²) in [6.07, 6.45) is 1.63. The lowest BCUT2D eigenvalue weighted by molar-refractivity contribution is -0.129. The Bertz CT molecular complexity index is 781. The molecule has 0 saturated heterocycles. The van der Waals surface area contributed by atoms with Crippen LogP contribution in [-0.2, 0) is 9.53 Å². The SMILES string of the molecule is O=C1OC(c2cccc(Cl)c2)=NC1=Cc1cccc(Cl)c1. The number of aliphatic imine (C=N–C) groups is 1. The van der Waals surface area contributed by atoms with Crippen LogP contribution in [0.4, 0.5) is 0 Å². The molecule has 0 unspecified atom stereocenters. The summed E-state index contributed by atoms with van der Waals surface area (Å²) in [5, 5.41) is 1.15. The molecule has 1 aliphatic heterocycles. The van der Waals surface area contributed by atoms with Crippen molar-refractivity contribution in [3.05, 3.63) is 75.4 Å². The minimum absolute atomic E-state index is 0.229. The number of benzene rings is 2. The van der Waals surface area contributed by atoms with Gasteiger partial charge in [0.2, 0.25) is 5.90 Å². The van der Waals surface area contributed by atoms with Gasteiger partial charge in [-0.3, -0.25) is 0 Å².